The van der Waals surface area contributed by atoms with Gasteiger partial charge in [0.25, 0.3) is 5.91 Å². The molecule has 102 valence electrons. The number of carbonyl (C=O) groups is 2. The average Bonchev–Trinajstić information content (AvgIpc) is 2.48. The molecule has 2 amide bonds. The molecular weight excluding hydrogens is 252 g/mol. The van der Waals surface area contributed by atoms with Gasteiger partial charge in [0.05, 0.1) is 11.3 Å². The lowest BCUT2D eigenvalue weighted by Gasteiger charge is -2.23. The number of amides is 2. The van der Waals surface area contributed by atoms with E-state index >= 15 is 0 Å². The van der Waals surface area contributed by atoms with Crippen LogP contribution in [-0.2, 0) is 4.79 Å². The van der Waals surface area contributed by atoms with Crippen LogP contribution in [0.15, 0.2) is 54.6 Å². The minimum Gasteiger partial charge on any atom is -0.355 e. The average molecular weight is 268 g/mol. The Morgan fingerprint density at radius 3 is 2.15 bits per heavy atom. The van der Waals surface area contributed by atoms with E-state index in [0.29, 0.717) is 11.3 Å². The van der Waals surface area contributed by atoms with Crippen LogP contribution in [-0.4, -0.2) is 18.9 Å². The van der Waals surface area contributed by atoms with Crippen LogP contribution >= 0.6 is 0 Å². The van der Waals surface area contributed by atoms with E-state index in [4.69, 9.17) is 0 Å². The van der Waals surface area contributed by atoms with Gasteiger partial charge >= 0.3 is 0 Å². The predicted molar refractivity (Wildman–Crippen MR) is 79.1 cm³/mol. The Balaban J connectivity index is 2.57. The second kappa shape index (κ2) is 6.02. The smallest absolute Gasteiger partial charge is 0.253 e. The van der Waals surface area contributed by atoms with E-state index in [-0.39, 0.29) is 11.8 Å². The van der Waals surface area contributed by atoms with Gasteiger partial charge in [-0.1, -0.05) is 30.3 Å². The van der Waals surface area contributed by atoms with Gasteiger partial charge in [-0.3, -0.25) is 14.5 Å². The second-order valence-electron chi connectivity index (χ2n) is 4.29. The molecule has 2 aromatic carbocycles. The number of para-hydroxylation sites is 2. The first-order valence-corrected chi connectivity index (χ1v) is 6.32. The van der Waals surface area contributed by atoms with E-state index in [1.165, 1.54) is 11.8 Å². The fourth-order valence-corrected chi connectivity index (χ4v) is 2.06. The van der Waals surface area contributed by atoms with E-state index in [0.717, 1.165) is 5.69 Å². The summed E-state index contributed by atoms with van der Waals surface area (Å²) in [6.07, 6.45) is 0. The minimum absolute atomic E-state index is 0.146. The number of carbonyl (C=O) groups excluding carboxylic acids is 2. The summed E-state index contributed by atoms with van der Waals surface area (Å²) in [5.74, 6) is -0.365. The van der Waals surface area contributed by atoms with Gasteiger partial charge in [-0.25, -0.2) is 0 Å². The molecule has 0 spiro atoms. The van der Waals surface area contributed by atoms with Crippen molar-refractivity contribution in [3.05, 3.63) is 60.2 Å². The molecule has 0 heterocycles. The summed E-state index contributed by atoms with van der Waals surface area (Å²) in [4.78, 5) is 25.5. The largest absolute Gasteiger partial charge is 0.355 e. The number of hydrogen-bond acceptors (Lipinski definition) is 2. The highest BCUT2D eigenvalue weighted by molar-refractivity contribution is 6.07. The quantitative estimate of drug-likeness (QED) is 0.930. The van der Waals surface area contributed by atoms with Crippen LogP contribution in [0.25, 0.3) is 0 Å². The molecule has 4 nitrogen and oxygen atoms in total. The molecule has 4 heteroatoms. The number of anilines is 2. The Morgan fingerprint density at radius 2 is 1.55 bits per heavy atom. The zero-order chi connectivity index (χ0) is 14.5. The zero-order valence-electron chi connectivity index (χ0n) is 11.5. The molecule has 0 atom stereocenters. The van der Waals surface area contributed by atoms with E-state index < -0.39 is 0 Å². The van der Waals surface area contributed by atoms with Crippen molar-refractivity contribution in [2.45, 2.75) is 6.92 Å². The Bertz CT molecular complexity index is 623. The summed E-state index contributed by atoms with van der Waals surface area (Å²) in [6.45, 7) is 1.48. The molecule has 0 aliphatic heterocycles. The Morgan fingerprint density at radius 1 is 0.950 bits per heavy atom. The molecular formula is C16H16N2O2. The number of hydrogen-bond donors (Lipinski definition) is 1. The van der Waals surface area contributed by atoms with Gasteiger partial charge in [0, 0.05) is 19.7 Å². The highest BCUT2D eigenvalue weighted by Gasteiger charge is 2.19. The third kappa shape index (κ3) is 2.69. The van der Waals surface area contributed by atoms with Crippen molar-refractivity contribution in [1.29, 1.82) is 0 Å². The molecule has 0 aromatic heterocycles. The maximum Gasteiger partial charge on any atom is 0.253 e. The first-order chi connectivity index (χ1) is 9.65. The Hall–Kier alpha value is -2.62. The maximum atomic E-state index is 12.0. The highest BCUT2D eigenvalue weighted by Crippen LogP contribution is 2.28. The van der Waals surface area contributed by atoms with E-state index in [9.17, 15) is 9.59 Å². The summed E-state index contributed by atoms with van der Waals surface area (Å²) in [5.41, 5.74) is 1.77. The molecule has 0 aliphatic carbocycles. The molecule has 1 N–H and O–H groups in total. The molecule has 2 rings (SSSR count). The summed E-state index contributed by atoms with van der Waals surface area (Å²) in [6, 6.07) is 16.3. The van der Waals surface area contributed by atoms with Crippen LogP contribution in [0.5, 0.6) is 0 Å². The Labute approximate surface area is 118 Å². The lowest BCUT2D eigenvalue weighted by molar-refractivity contribution is -0.115. The summed E-state index contributed by atoms with van der Waals surface area (Å²) in [5, 5.41) is 2.59. The van der Waals surface area contributed by atoms with Crippen molar-refractivity contribution >= 4 is 23.2 Å². The van der Waals surface area contributed by atoms with Gasteiger partial charge in [0.1, 0.15) is 0 Å². The molecule has 0 bridgehead atoms. The van der Waals surface area contributed by atoms with Crippen molar-refractivity contribution in [1.82, 2.24) is 5.32 Å². The topological polar surface area (TPSA) is 49.4 Å². The maximum absolute atomic E-state index is 12.0. The van der Waals surface area contributed by atoms with Crippen LogP contribution in [0.2, 0.25) is 0 Å². The molecule has 2 aromatic rings. The fraction of sp³-hybridized carbons (Fsp3) is 0.125. The van der Waals surface area contributed by atoms with Crippen LogP contribution < -0.4 is 10.2 Å². The lowest BCUT2D eigenvalue weighted by atomic mass is 10.1. The molecule has 0 saturated carbocycles. The van der Waals surface area contributed by atoms with Gasteiger partial charge in [0.15, 0.2) is 0 Å². The van der Waals surface area contributed by atoms with Gasteiger partial charge in [-0.15, -0.1) is 0 Å². The summed E-state index contributed by atoms with van der Waals surface area (Å²) < 4.78 is 0. The van der Waals surface area contributed by atoms with Crippen LogP contribution in [0.3, 0.4) is 0 Å². The Kier molecular flexibility index (Phi) is 4.15. The predicted octanol–water partition coefficient (Wildman–Crippen LogP) is 2.73. The van der Waals surface area contributed by atoms with Crippen molar-refractivity contribution in [2.24, 2.45) is 0 Å². The molecule has 0 aliphatic rings. The summed E-state index contributed by atoms with van der Waals surface area (Å²) >= 11 is 0. The van der Waals surface area contributed by atoms with Crippen molar-refractivity contribution in [2.75, 3.05) is 11.9 Å². The van der Waals surface area contributed by atoms with Gasteiger partial charge in [0.2, 0.25) is 5.91 Å². The minimum atomic E-state index is -0.220. The van der Waals surface area contributed by atoms with Crippen molar-refractivity contribution in [3.63, 3.8) is 0 Å². The molecule has 0 fully saturated rings. The fourth-order valence-electron chi connectivity index (χ4n) is 2.06. The number of nitrogens with one attached hydrogen (secondary N) is 1. The SMILES string of the molecule is CNC(=O)c1ccccc1N(C(C)=O)c1ccccc1. The highest BCUT2D eigenvalue weighted by atomic mass is 16.2. The third-order valence-corrected chi connectivity index (χ3v) is 2.95. The van der Waals surface area contributed by atoms with Gasteiger partial charge in [-0.05, 0) is 24.3 Å². The van der Waals surface area contributed by atoms with E-state index in [2.05, 4.69) is 5.32 Å². The monoisotopic (exact) mass is 268 g/mol. The van der Waals surface area contributed by atoms with Crippen LogP contribution in [0.1, 0.15) is 17.3 Å². The molecule has 0 radical (unpaired) electrons. The molecule has 0 unspecified atom stereocenters. The first kappa shape index (κ1) is 13.8. The normalized spacial score (nSPS) is 9.90. The zero-order valence-corrected chi connectivity index (χ0v) is 11.5. The standard InChI is InChI=1S/C16H16N2O2/c1-12(19)18(13-8-4-3-5-9-13)15-11-7-6-10-14(15)16(20)17-2/h3-11H,1-2H3,(H,17,20). The second-order valence-corrected chi connectivity index (χ2v) is 4.29. The number of benzene rings is 2. The lowest BCUT2D eigenvalue weighted by Crippen LogP contribution is -2.27. The van der Waals surface area contributed by atoms with Gasteiger partial charge in [-0.2, -0.15) is 0 Å². The van der Waals surface area contributed by atoms with Crippen LogP contribution in [0, 0.1) is 0 Å². The summed E-state index contributed by atoms with van der Waals surface area (Å²) in [7, 11) is 1.57. The van der Waals surface area contributed by atoms with Crippen molar-refractivity contribution < 1.29 is 9.59 Å². The molecule has 0 saturated heterocycles. The van der Waals surface area contributed by atoms with Gasteiger partial charge < -0.3 is 5.32 Å². The third-order valence-electron chi connectivity index (χ3n) is 2.95. The first-order valence-electron chi connectivity index (χ1n) is 6.32. The van der Waals surface area contributed by atoms with E-state index in [1.54, 1.807) is 31.3 Å². The van der Waals surface area contributed by atoms with Crippen molar-refractivity contribution in [3.8, 4) is 0 Å². The van der Waals surface area contributed by atoms with E-state index in [1.807, 2.05) is 30.3 Å². The number of rotatable bonds is 3. The van der Waals surface area contributed by atoms with Crippen LogP contribution in [0.4, 0.5) is 11.4 Å². The molecule has 20 heavy (non-hydrogen) atoms. The number of nitrogens with zero attached hydrogens (tertiary/aromatic N) is 1.